The zero-order valence-corrected chi connectivity index (χ0v) is 9.29. The van der Waals surface area contributed by atoms with E-state index < -0.39 is 0 Å². The molecule has 16 heavy (non-hydrogen) atoms. The van der Waals surface area contributed by atoms with Crippen molar-refractivity contribution in [2.45, 2.75) is 13.8 Å². The van der Waals surface area contributed by atoms with Gasteiger partial charge in [0.2, 0.25) is 0 Å². The van der Waals surface area contributed by atoms with Gasteiger partial charge >= 0.3 is 0 Å². The molecule has 1 aromatic carbocycles. The summed E-state index contributed by atoms with van der Waals surface area (Å²) in [6.45, 7) is 3.74. The number of pyridine rings is 1. The summed E-state index contributed by atoms with van der Waals surface area (Å²) in [6.07, 6.45) is 3.19. The van der Waals surface area contributed by atoms with Crippen LogP contribution >= 0.6 is 0 Å². The van der Waals surface area contributed by atoms with Crippen LogP contribution < -0.4 is 5.73 Å². The number of nitrogen functional groups attached to an aromatic ring is 1. The predicted molar refractivity (Wildman–Crippen MR) is 63.5 cm³/mol. The lowest BCUT2D eigenvalue weighted by molar-refractivity contribution is 0.629. The molecule has 0 aliphatic carbocycles. The third kappa shape index (κ3) is 1.76. The summed E-state index contributed by atoms with van der Waals surface area (Å²) in [4.78, 5) is 3.98. The molecule has 0 atom stereocenters. The Labute approximate surface area is 93.9 Å². The molecule has 0 aliphatic rings. The fourth-order valence-corrected chi connectivity index (χ4v) is 1.87. The third-order valence-electron chi connectivity index (χ3n) is 2.56. The van der Waals surface area contributed by atoms with Gasteiger partial charge in [-0.3, -0.25) is 4.98 Å². The van der Waals surface area contributed by atoms with Crippen LogP contribution in [0, 0.1) is 19.7 Å². The lowest BCUT2D eigenvalue weighted by atomic mass is 9.98. The van der Waals surface area contributed by atoms with Gasteiger partial charge in [-0.05, 0) is 37.1 Å². The summed E-state index contributed by atoms with van der Waals surface area (Å²) < 4.78 is 13.9. The van der Waals surface area contributed by atoms with Gasteiger partial charge in [0, 0.05) is 29.2 Å². The maximum Gasteiger partial charge on any atom is 0.131 e. The fourth-order valence-electron chi connectivity index (χ4n) is 1.87. The molecule has 2 nitrogen and oxygen atoms in total. The van der Waals surface area contributed by atoms with Crippen molar-refractivity contribution in [1.29, 1.82) is 0 Å². The van der Waals surface area contributed by atoms with Crippen molar-refractivity contribution in [2.24, 2.45) is 0 Å². The molecule has 0 amide bonds. The number of nitrogens with zero attached hydrogens (tertiary/aromatic N) is 1. The average Bonchev–Trinajstić information content (AvgIpc) is 2.19. The highest BCUT2D eigenvalue weighted by Crippen LogP contribution is 2.30. The van der Waals surface area contributed by atoms with Gasteiger partial charge in [0.15, 0.2) is 0 Å². The average molecular weight is 216 g/mol. The van der Waals surface area contributed by atoms with E-state index in [0.29, 0.717) is 16.8 Å². The topological polar surface area (TPSA) is 38.9 Å². The molecular formula is C13H13FN2. The minimum Gasteiger partial charge on any atom is -0.398 e. The monoisotopic (exact) mass is 216 g/mol. The number of benzene rings is 1. The zero-order valence-electron chi connectivity index (χ0n) is 9.29. The molecule has 0 fully saturated rings. The molecule has 0 saturated carbocycles. The molecule has 0 radical (unpaired) electrons. The number of nitrogens with two attached hydrogens (primary N) is 1. The number of aryl methyl sites for hydroxylation is 2. The Kier molecular flexibility index (Phi) is 2.60. The Morgan fingerprint density at radius 2 is 2.00 bits per heavy atom. The summed E-state index contributed by atoms with van der Waals surface area (Å²) in [5, 5.41) is 0. The van der Waals surface area contributed by atoms with Crippen LogP contribution in [0.25, 0.3) is 11.1 Å². The molecule has 2 N–H and O–H groups in total. The standard InChI is InChI=1S/C13H13FN2/c1-8-5-9(2)13(11(14)6-8)10-7-16-4-3-12(10)15/h3-7H,1-2H3,(H2,15,16). The van der Waals surface area contributed by atoms with Gasteiger partial charge in [0.05, 0.1) is 0 Å². The van der Waals surface area contributed by atoms with Crippen molar-refractivity contribution in [3.05, 3.63) is 47.5 Å². The van der Waals surface area contributed by atoms with E-state index in [-0.39, 0.29) is 5.82 Å². The van der Waals surface area contributed by atoms with E-state index in [1.54, 1.807) is 18.5 Å². The maximum atomic E-state index is 13.9. The first kappa shape index (κ1) is 10.6. The van der Waals surface area contributed by atoms with Crippen LogP contribution in [0.15, 0.2) is 30.6 Å². The predicted octanol–water partition coefficient (Wildman–Crippen LogP) is 3.09. The van der Waals surface area contributed by atoms with Gasteiger partial charge in [-0.1, -0.05) is 6.07 Å². The van der Waals surface area contributed by atoms with Crippen LogP contribution in [0.5, 0.6) is 0 Å². The smallest absolute Gasteiger partial charge is 0.131 e. The number of rotatable bonds is 1. The maximum absolute atomic E-state index is 13.9. The number of aromatic nitrogens is 1. The third-order valence-corrected chi connectivity index (χ3v) is 2.56. The quantitative estimate of drug-likeness (QED) is 0.795. The molecule has 1 heterocycles. The van der Waals surface area contributed by atoms with Gasteiger partial charge < -0.3 is 5.73 Å². The molecule has 2 aromatic rings. The van der Waals surface area contributed by atoms with E-state index in [2.05, 4.69) is 4.98 Å². The van der Waals surface area contributed by atoms with E-state index >= 15 is 0 Å². The van der Waals surface area contributed by atoms with Crippen LogP contribution in [0.3, 0.4) is 0 Å². The first-order valence-electron chi connectivity index (χ1n) is 5.06. The number of halogens is 1. The second-order valence-corrected chi connectivity index (χ2v) is 3.90. The number of hydrogen-bond donors (Lipinski definition) is 1. The fraction of sp³-hybridized carbons (Fsp3) is 0.154. The Morgan fingerprint density at radius 3 is 2.62 bits per heavy atom. The van der Waals surface area contributed by atoms with Gasteiger partial charge in [-0.2, -0.15) is 0 Å². The van der Waals surface area contributed by atoms with E-state index in [1.165, 1.54) is 6.07 Å². The van der Waals surface area contributed by atoms with Crippen LogP contribution in [0.4, 0.5) is 10.1 Å². The van der Waals surface area contributed by atoms with E-state index in [0.717, 1.165) is 11.1 Å². The summed E-state index contributed by atoms with van der Waals surface area (Å²) in [5.74, 6) is -0.253. The number of anilines is 1. The highest BCUT2D eigenvalue weighted by Gasteiger charge is 2.11. The van der Waals surface area contributed by atoms with E-state index in [1.807, 2.05) is 19.9 Å². The van der Waals surface area contributed by atoms with Gasteiger partial charge in [-0.25, -0.2) is 4.39 Å². The molecule has 0 unspecified atom stereocenters. The van der Waals surface area contributed by atoms with Crippen molar-refractivity contribution in [1.82, 2.24) is 4.98 Å². The molecule has 0 spiro atoms. The Balaban J connectivity index is 2.70. The Hall–Kier alpha value is -1.90. The SMILES string of the molecule is Cc1cc(C)c(-c2cnccc2N)c(F)c1. The summed E-state index contributed by atoms with van der Waals surface area (Å²) >= 11 is 0. The minimum atomic E-state index is -0.253. The zero-order chi connectivity index (χ0) is 11.7. The second-order valence-electron chi connectivity index (χ2n) is 3.90. The molecule has 82 valence electrons. The molecule has 3 heteroatoms. The minimum absolute atomic E-state index is 0.253. The van der Waals surface area contributed by atoms with Gasteiger partial charge in [0.25, 0.3) is 0 Å². The molecule has 0 saturated heterocycles. The highest BCUT2D eigenvalue weighted by atomic mass is 19.1. The van der Waals surface area contributed by atoms with Crippen LogP contribution in [-0.2, 0) is 0 Å². The van der Waals surface area contributed by atoms with E-state index in [4.69, 9.17) is 5.73 Å². The summed E-state index contributed by atoms with van der Waals surface area (Å²) in [5.41, 5.74) is 9.33. The molecule has 2 rings (SSSR count). The largest absolute Gasteiger partial charge is 0.398 e. The van der Waals surface area contributed by atoms with Gasteiger partial charge in [-0.15, -0.1) is 0 Å². The first-order chi connectivity index (χ1) is 7.59. The molecular weight excluding hydrogens is 203 g/mol. The summed E-state index contributed by atoms with van der Waals surface area (Å²) in [6, 6.07) is 5.12. The van der Waals surface area contributed by atoms with Crippen molar-refractivity contribution in [3.8, 4) is 11.1 Å². The van der Waals surface area contributed by atoms with Crippen molar-refractivity contribution in [3.63, 3.8) is 0 Å². The van der Waals surface area contributed by atoms with E-state index in [9.17, 15) is 4.39 Å². The van der Waals surface area contributed by atoms with Crippen LogP contribution in [0.2, 0.25) is 0 Å². The molecule has 1 aromatic heterocycles. The van der Waals surface area contributed by atoms with Crippen molar-refractivity contribution >= 4 is 5.69 Å². The second kappa shape index (κ2) is 3.93. The van der Waals surface area contributed by atoms with Crippen molar-refractivity contribution < 1.29 is 4.39 Å². The molecule has 0 aliphatic heterocycles. The lowest BCUT2D eigenvalue weighted by Crippen LogP contribution is -1.96. The lowest BCUT2D eigenvalue weighted by Gasteiger charge is -2.10. The first-order valence-corrected chi connectivity index (χ1v) is 5.06. The highest BCUT2D eigenvalue weighted by molar-refractivity contribution is 5.78. The van der Waals surface area contributed by atoms with Crippen LogP contribution in [0.1, 0.15) is 11.1 Å². The van der Waals surface area contributed by atoms with Gasteiger partial charge in [0.1, 0.15) is 5.82 Å². The summed E-state index contributed by atoms with van der Waals surface area (Å²) in [7, 11) is 0. The normalized spacial score (nSPS) is 10.4. The molecule has 0 bridgehead atoms. The van der Waals surface area contributed by atoms with Crippen LogP contribution in [-0.4, -0.2) is 4.98 Å². The Morgan fingerprint density at radius 1 is 1.25 bits per heavy atom. The Bertz CT molecular complexity index is 512. The van der Waals surface area contributed by atoms with Crippen molar-refractivity contribution in [2.75, 3.05) is 5.73 Å². The number of hydrogen-bond acceptors (Lipinski definition) is 2.